The molecule has 2 aromatic rings. The highest BCUT2D eigenvalue weighted by Gasteiger charge is 2.40. The number of anilines is 1. The van der Waals surface area contributed by atoms with E-state index in [0.29, 0.717) is 5.69 Å². The summed E-state index contributed by atoms with van der Waals surface area (Å²) in [6.45, 7) is -0.0412. The second-order valence-electron chi connectivity index (χ2n) is 5.94. The van der Waals surface area contributed by atoms with Gasteiger partial charge >= 0.3 is 6.03 Å². The molecule has 1 heterocycles. The lowest BCUT2D eigenvalue weighted by Crippen LogP contribution is -2.45. The summed E-state index contributed by atoms with van der Waals surface area (Å²) in [6, 6.07) is 5.07. The molecule has 2 aromatic carbocycles. The molecule has 0 saturated carbocycles. The van der Waals surface area contributed by atoms with E-state index in [1.54, 1.807) is 0 Å². The van der Waals surface area contributed by atoms with Gasteiger partial charge in [-0.05, 0) is 24.3 Å². The second kappa shape index (κ2) is 7.56. The summed E-state index contributed by atoms with van der Waals surface area (Å²) in [5.41, 5.74) is -0.0214. The number of amides is 3. The van der Waals surface area contributed by atoms with Crippen LogP contribution in [0.2, 0.25) is 0 Å². The fourth-order valence-electron chi connectivity index (χ4n) is 2.93. The Kier molecular flexibility index (Phi) is 5.20. The highest BCUT2D eigenvalue weighted by molar-refractivity contribution is 5.95. The van der Waals surface area contributed by atoms with Crippen molar-refractivity contribution in [2.24, 2.45) is 0 Å². The van der Waals surface area contributed by atoms with E-state index in [1.165, 1.54) is 19.2 Å². The van der Waals surface area contributed by atoms with E-state index in [9.17, 15) is 22.8 Å². The molecule has 1 fully saturated rings. The summed E-state index contributed by atoms with van der Waals surface area (Å²) >= 11 is 0. The van der Waals surface area contributed by atoms with Crippen LogP contribution in [0.15, 0.2) is 36.4 Å². The fraction of sp³-hybridized carbons (Fsp3) is 0.222. The summed E-state index contributed by atoms with van der Waals surface area (Å²) in [5, 5.41) is 7.32. The molecule has 0 radical (unpaired) electrons. The zero-order valence-electron chi connectivity index (χ0n) is 14.2. The number of nitrogens with one attached hydrogen (secondary N) is 3. The standard InChI is InChI=1S/C18H16F3N3O3/c1-27-11-6-13(20)15(14(21)7-11)12-8-22-17(25)16(12)24-18(26)23-10-4-2-9(19)3-5-10/h2-7,12,16H,8H2,1H3,(H,22,25)(H2,23,24,26)/t12-,16?/m1/s1. The summed E-state index contributed by atoms with van der Waals surface area (Å²) in [6.07, 6.45) is 0. The normalized spacial score (nSPS) is 18.7. The monoisotopic (exact) mass is 379 g/mol. The molecule has 1 saturated heterocycles. The molecule has 3 amide bonds. The van der Waals surface area contributed by atoms with E-state index in [0.717, 1.165) is 24.3 Å². The van der Waals surface area contributed by atoms with Crippen LogP contribution in [0.1, 0.15) is 11.5 Å². The number of carbonyl (C=O) groups is 2. The first kappa shape index (κ1) is 18.6. The molecule has 3 rings (SSSR count). The quantitative estimate of drug-likeness (QED) is 0.764. The molecule has 1 aliphatic rings. The minimum absolute atomic E-state index is 0.00425. The van der Waals surface area contributed by atoms with Crippen LogP contribution in [0.4, 0.5) is 23.7 Å². The lowest BCUT2D eigenvalue weighted by atomic mass is 9.93. The molecular weight excluding hydrogens is 363 g/mol. The topological polar surface area (TPSA) is 79.5 Å². The van der Waals surface area contributed by atoms with Crippen LogP contribution < -0.4 is 20.7 Å². The van der Waals surface area contributed by atoms with Crippen LogP contribution in [0.25, 0.3) is 0 Å². The number of halogens is 3. The summed E-state index contributed by atoms with van der Waals surface area (Å²) in [7, 11) is 1.28. The van der Waals surface area contributed by atoms with Gasteiger partial charge < -0.3 is 20.7 Å². The summed E-state index contributed by atoms with van der Waals surface area (Å²) in [5.74, 6) is -3.73. The molecule has 6 nitrogen and oxygen atoms in total. The van der Waals surface area contributed by atoms with Gasteiger partial charge in [-0.15, -0.1) is 0 Å². The van der Waals surface area contributed by atoms with E-state index in [-0.39, 0.29) is 17.9 Å². The van der Waals surface area contributed by atoms with Crippen LogP contribution in [0, 0.1) is 17.5 Å². The highest BCUT2D eigenvalue weighted by atomic mass is 19.1. The average molecular weight is 379 g/mol. The summed E-state index contributed by atoms with van der Waals surface area (Å²) < 4.78 is 46.4. The Bertz CT molecular complexity index is 851. The lowest BCUT2D eigenvalue weighted by molar-refractivity contribution is -0.120. The number of carbonyl (C=O) groups excluding carboxylic acids is 2. The van der Waals surface area contributed by atoms with Gasteiger partial charge in [-0.25, -0.2) is 18.0 Å². The van der Waals surface area contributed by atoms with E-state index in [2.05, 4.69) is 16.0 Å². The molecule has 0 bridgehead atoms. The Hall–Kier alpha value is -3.23. The summed E-state index contributed by atoms with van der Waals surface area (Å²) in [4.78, 5) is 24.2. The van der Waals surface area contributed by atoms with Crippen LogP contribution >= 0.6 is 0 Å². The molecule has 1 aliphatic heterocycles. The van der Waals surface area contributed by atoms with Gasteiger partial charge in [0.15, 0.2) is 0 Å². The van der Waals surface area contributed by atoms with Crippen molar-refractivity contribution in [1.82, 2.24) is 10.6 Å². The lowest BCUT2D eigenvalue weighted by Gasteiger charge is -2.20. The third-order valence-electron chi connectivity index (χ3n) is 4.23. The first-order valence-electron chi connectivity index (χ1n) is 8.02. The van der Waals surface area contributed by atoms with Crippen molar-refractivity contribution in [1.29, 1.82) is 0 Å². The fourth-order valence-corrected chi connectivity index (χ4v) is 2.93. The maximum absolute atomic E-state index is 14.3. The minimum Gasteiger partial charge on any atom is -0.497 e. The number of hydrogen-bond acceptors (Lipinski definition) is 3. The predicted octanol–water partition coefficient (Wildman–Crippen LogP) is 2.52. The molecule has 142 valence electrons. The van der Waals surface area contributed by atoms with Gasteiger partial charge in [0.05, 0.1) is 7.11 Å². The molecule has 27 heavy (non-hydrogen) atoms. The maximum atomic E-state index is 14.3. The third kappa shape index (κ3) is 3.97. The van der Waals surface area contributed by atoms with E-state index in [4.69, 9.17) is 4.74 Å². The van der Waals surface area contributed by atoms with Crippen LogP contribution in [-0.2, 0) is 4.79 Å². The van der Waals surface area contributed by atoms with E-state index >= 15 is 0 Å². The van der Waals surface area contributed by atoms with Gasteiger partial charge in [-0.2, -0.15) is 0 Å². The van der Waals surface area contributed by atoms with E-state index in [1.807, 2.05) is 0 Å². The number of hydrogen-bond donors (Lipinski definition) is 3. The van der Waals surface area contributed by atoms with Gasteiger partial charge in [0.2, 0.25) is 5.91 Å². The minimum atomic E-state index is -1.18. The molecule has 1 unspecified atom stereocenters. The highest BCUT2D eigenvalue weighted by Crippen LogP contribution is 2.31. The van der Waals surface area contributed by atoms with Crippen molar-refractivity contribution >= 4 is 17.6 Å². The number of ether oxygens (including phenoxy) is 1. The van der Waals surface area contributed by atoms with Gasteiger partial charge in [0.1, 0.15) is 29.2 Å². The molecule has 0 aromatic heterocycles. The van der Waals surface area contributed by atoms with Gasteiger partial charge in [0, 0.05) is 35.8 Å². The Labute approximate surface area is 152 Å². The van der Waals surface area contributed by atoms with Crippen molar-refractivity contribution in [3.8, 4) is 5.75 Å². The zero-order chi connectivity index (χ0) is 19.6. The van der Waals surface area contributed by atoms with Gasteiger partial charge in [0.25, 0.3) is 0 Å². The Morgan fingerprint density at radius 1 is 1.15 bits per heavy atom. The number of rotatable bonds is 4. The number of methoxy groups -OCH3 is 1. The molecular formula is C18H16F3N3O3. The molecule has 9 heteroatoms. The maximum Gasteiger partial charge on any atom is 0.319 e. The predicted molar refractivity (Wildman–Crippen MR) is 91.0 cm³/mol. The van der Waals surface area contributed by atoms with Gasteiger partial charge in [-0.1, -0.05) is 0 Å². The zero-order valence-corrected chi connectivity index (χ0v) is 14.2. The van der Waals surface area contributed by atoms with Crippen LogP contribution in [-0.4, -0.2) is 31.6 Å². The van der Waals surface area contributed by atoms with Crippen molar-refractivity contribution in [2.45, 2.75) is 12.0 Å². The molecule has 0 aliphatic carbocycles. The van der Waals surface area contributed by atoms with Crippen molar-refractivity contribution < 1.29 is 27.5 Å². The molecule has 3 N–H and O–H groups in total. The van der Waals surface area contributed by atoms with Crippen LogP contribution in [0.5, 0.6) is 5.75 Å². The first-order chi connectivity index (χ1) is 12.9. The smallest absolute Gasteiger partial charge is 0.319 e. The van der Waals surface area contributed by atoms with E-state index < -0.39 is 41.3 Å². The van der Waals surface area contributed by atoms with Crippen molar-refractivity contribution in [2.75, 3.05) is 19.0 Å². The third-order valence-corrected chi connectivity index (χ3v) is 4.23. The van der Waals surface area contributed by atoms with Crippen LogP contribution in [0.3, 0.4) is 0 Å². The molecule has 0 spiro atoms. The Morgan fingerprint density at radius 2 is 1.78 bits per heavy atom. The Balaban J connectivity index is 1.78. The van der Waals surface area contributed by atoms with Crippen molar-refractivity contribution in [3.05, 3.63) is 59.4 Å². The molecule has 2 atom stereocenters. The second-order valence-corrected chi connectivity index (χ2v) is 5.94. The average Bonchev–Trinajstić information content (AvgIpc) is 2.97. The van der Waals surface area contributed by atoms with Gasteiger partial charge in [-0.3, -0.25) is 4.79 Å². The number of urea groups is 1. The first-order valence-corrected chi connectivity index (χ1v) is 8.02. The van der Waals surface area contributed by atoms with Crippen molar-refractivity contribution in [3.63, 3.8) is 0 Å². The Morgan fingerprint density at radius 3 is 2.37 bits per heavy atom. The number of benzene rings is 2. The largest absolute Gasteiger partial charge is 0.497 e. The SMILES string of the molecule is COc1cc(F)c([C@H]2CNC(=O)C2NC(=O)Nc2ccc(F)cc2)c(F)c1.